The fourth-order valence-electron chi connectivity index (χ4n) is 3.58. The van der Waals surface area contributed by atoms with Gasteiger partial charge in [-0.15, -0.1) is 0 Å². The van der Waals surface area contributed by atoms with E-state index in [1.807, 2.05) is 6.07 Å². The number of methoxy groups -OCH3 is 1. The van der Waals surface area contributed by atoms with E-state index >= 15 is 0 Å². The van der Waals surface area contributed by atoms with E-state index in [1.54, 1.807) is 7.11 Å². The minimum atomic E-state index is 0.288. The first-order chi connectivity index (χ1) is 12.2. The normalized spacial score (nSPS) is 19.7. The lowest BCUT2D eigenvalue weighted by Gasteiger charge is -2.22. The highest BCUT2D eigenvalue weighted by Crippen LogP contribution is 2.40. The number of nitrogens with one attached hydrogen (secondary N) is 1. The highest BCUT2D eigenvalue weighted by atomic mass is 79.9. The second-order valence-corrected chi connectivity index (χ2v) is 7.52. The zero-order valence-corrected chi connectivity index (χ0v) is 15.9. The SMILES string of the molecule is COc1ccc2c(c1)C(c1ccc(O[C@H]3CCNC3)cc1)=C(Br)CC2. The maximum absolute atomic E-state index is 6.04. The lowest BCUT2D eigenvalue weighted by atomic mass is 9.87. The minimum Gasteiger partial charge on any atom is -0.497 e. The lowest BCUT2D eigenvalue weighted by Crippen LogP contribution is -2.19. The van der Waals surface area contributed by atoms with Crippen LogP contribution in [0, 0.1) is 0 Å². The molecule has 2 aromatic rings. The highest BCUT2D eigenvalue weighted by molar-refractivity contribution is 9.11. The summed E-state index contributed by atoms with van der Waals surface area (Å²) in [6.07, 6.45) is 3.45. The number of aryl methyl sites for hydroxylation is 1. The Bertz CT molecular complexity index is 792. The van der Waals surface area contributed by atoms with Crippen molar-refractivity contribution >= 4 is 21.5 Å². The predicted molar refractivity (Wildman–Crippen MR) is 105 cm³/mol. The fraction of sp³-hybridized carbons (Fsp3) is 0.333. The molecule has 1 aliphatic carbocycles. The smallest absolute Gasteiger partial charge is 0.119 e. The number of fused-ring (bicyclic) bond motifs is 1. The van der Waals surface area contributed by atoms with E-state index in [9.17, 15) is 0 Å². The van der Waals surface area contributed by atoms with Crippen molar-refractivity contribution < 1.29 is 9.47 Å². The maximum atomic E-state index is 6.04. The third kappa shape index (κ3) is 3.46. The monoisotopic (exact) mass is 399 g/mol. The van der Waals surface area contributed by atoms with Crippen molar-refractivity contribution in [2.45, 2.75) is 25.4 Å². The minimum absolute atomic E-state index is 0.288. The first-order valence-corrected chi connectivity index (χ1v) is 9.57. The molecule has 3 nitrogen and oxygen atoms in total. The van der Waals surface area contributed by atoms with Crippen molar-refractivity contribution in [3.05, 3.63) is 63.6 Å². The van der Waals surface area contributed by atoms with E-state index in [4.69, 9.17) is 9.47 Å². The summed E-state index contributed by atoms with van der Waals surface area (Å²) in [5.74, 6) is 1.84. The topological polar surface area (TPSA) is 30.5 Å². The van der Waals surface area contributed by atoms with Gasteiger partial charge in [0.05, 0.1) is 7.11 Å². The number of allylic oxidation sites excluding steroid dienone is 1. The standard InChI is InChI=1S/C21H22BrNO2/c1-24-17-8-2-14-5-9-20(22)21(19(14)12-17)15-3-6-16(7-4-15)25-18-10-11-23-13-18/h2-4,6-8,12,18,23H,5,9-11,13H2,1H3/t18-/m0/s1. The van der Waals surface area contributed by atoms with Crippen LogP contribution < -0.4 is 14.8 Å². The van der Waals surface area contributed by atoms with Gasteiger partial charge in [0.15, 0.2) is 0 Å². The van der Waals surface area contributed by atoms with Crippen LogP contribution in [0.15, 0.2) is 46.9 Å². The Morgan fingerprint density at radius 3 is 2.56 bits per heavy atom. The van der Waals surface area contributed by atoms with Gasteiger partial charge in [0.1, 0.15) is 17.6 Å². The molecule has 1 N–H and O–H groups in total. The summed E-state index contributed by atoms with van der Waals surface area (Å²) >= 11 is 3.80. The molecule has 2 aromatic carbocycles. The Balaban J connectivity index is 1.64. The van der Waals surface area contributed by atoms with Gasteiger partial charge in [-0.2, -0.15) is 0 Å². The third-order valence-electron chi connectivity index (χ3n) is 4.93. The van der Waals surface area contributed by atoms with Gasteiger partial charge in [0.25, 0.3) is 0 Å². The number of halogens is 1. The average Bonchev–Trinajstić information content (AvgIpc) is 3.15. The van der Waals surface area contributed by atoms with Gasteiger partial charge in [-0.25, -0.2) is 0 Å². The number of ether oxygens (including phenoxy) is 2. The van der Waals surface area contributed by atoms with Gasteiger partial charge < -0.3 is 14.8 Å². The number of rotatable bonds is 4. The molecular weight excluding hydrogens is 378 g/mol. The Labute approximate surface area is 157 Å². The molecule has 1 fully saturated rings. The van der Waals surface area contributed by atoms with Crippen molar-refractivity contribution in [3.63, 3.8) is 0 Å². The van der Waals surface area contributed by atoms with Crippen LogP contribution in [-0.2, 0) is 6.42 Å². The largest absolute Gasteiger partial charge is 0.497 e. The maximum Gasteiger partial charge on any atom is 0.119 e. The van der Waals surface area contributed by atoms with Crippen LogP contribution in [0.5, 0.6) is 11.5 Å². The molecule has 1 heterocycles. The Kier molecular flexibility index (Phi) is 4.82. The summed E-state index contributed by atoms with van der Waals surface area (Å²) < 4.78 is 12.7. The Morgan fingerprint density at radius 1 is 1.04 bits per heavy atom. The van der Waals surface area contributed by atoms with E-state index in [2.05, 4.69) is 57.6 Å². The molecule has 25 heavy (non-hydrogen) atoms. The van der Waals surface area contributed by atoms with Gasteiger partial charge in [-0.1, -0.05) is 34.1 Å². The summed E-state index contributed by atoms with van der Waals surface area (Å²) in [5.41, 5.74) is 5.09. The Morgan fingerprint density at radius 2 is 1.84 bits per heavy atom. The molecule has 0 bridgehead atoms. The molecule has 1 saturated heterocycles. The average molecular weight is 400 g/mol. The van der Waals surface area contributed by atoms with E-state index in [0.717, 1.165) is 43.9 Å². The third-order valence-corrected chi connectivity index (χ3v) is 5.73. The van der Waals surface area contributed by atoms with Crippen molar-refractivity contribution in [2.75, 3.05) is 20.2 Å². The molecule has 4 heteroatoms. The van der Waals surface area contributed by atoms with Crippen molar-refractivity contribution in [2.24, 2.45) is 0 Å². The number of benzene rings is 2. The zero-order valence-electron chi connectivity index (χ0n) is 14.3. The molecule has 130 valence electrons. The van der Waals surface area contributed by atoms with Crippen LogP contribution in [0.1, 0.15) is 29.5 Å². The van der Waals surface area contributed by atoms with E-state index < -0.39 is 0 Å². The molecular formula is C21H22BrNO2. The van der Waals surface area contributed by atoms with Crippen molar-refractivity contribution in [3.8, 4) is 11.5 Å². The van der Waals surface area contributed by atoms with Gasteiger partial charge in [-0.05, 0) is 72.3 Å². The second-order valence-electron chi connectivity index (χ2n) is 6.56. The zero-order chi connectivity index (χ0) is 17.2. The molecule has 2 aliphatic rings. The van der Waals surface area contributed by atoms with E-state index in [1.165, 1.54) is 26.7 Å². The van der Waals surface area contributed by atoms with Crippen LogP contribution in [0.3, 0.4) is 0 Å². The molecule has 0 aromatic heterocycles. The lowest BCUT2D eigenvalue weighted by molar-refractivity contribution is 0.223. The van der Waals surface area contributed by atoms with E-state index in [-0.39, 0.29) is 6.10 Å². The quantitative estimate of drug-likeness (QED) is 0.818. The summed E-state index contributed by atoms with van der Waals surface area (Å²) in [7, 11) is 1.72. The van der Waals surface area contributed by atoms with Gasteiger partial charge in [0.2, 0.25) is 0 Å². The summed E-state index contributed by atoms with van der Waals surface area (Å²) in [6.45, 7) is 1.98. The predicted octanol–water partition coefficient (Wildman–Crippen LogP) is 4.54. The molecule has 1 atom stereocenters. The second kappa shape index (κ2) is 7.22. The number of hydrogen-bond donors (Lipinski definition) is 1. The first kappa shape index (κ1) is 16.7. The molecule has 4 rings (SSSR count). The summed E-state index contributed by atoms with van der Waals surface area (Å²) in [5, 5.41) is 3.33. The molecule has 1 aliphatic heterocycles. The number of hydrogen-bond acceptors (Lipinski definition) is 3. The van der Waals surface area contributed by atoms with Gasteiger partial charge >= 0.3 is 0 Å². The van der Waals surface area contributed by atoms with Crippen LogP contribution in [0.2, 0.25) is 0 Å². The van der Waals surface area contributed by atoms with E-state index in [0.29, 0.717) is 0 Å². The fourth-order valence-corrected chi connectivity index (χ4v) is 4.22. The molecule has 0 spiro atoms. The first-order valence-electron chi connectivity index (χ1n) is 8.78. The van der Waals surface area contributed by atoms with Crippen LogP contribution in [-0.4, -0.2) is 26.3 Å². The molecule has 0 amide bonds. The summed E-state index contributed by atoms with van der Waals surface area (Å²) in [6, 6.07) is 14.8. The van der Waals surface area contributed by atoms with Crippen LogP contribution in [0.4, 0.5) is 0 Å². The Hall–Kier alpha value is -1.78. The van der Waals surface area contributed by atoms with Crippen LogP contribution in [0.25, 0.3) is 5.57 Å². The van der Waals surface area contributed by atoms with Crippen molar-refractivity contribution in [1.29, 1.82) is 0 Å². The van der Waals surface area contributed by atoms with Crippen molar-refractivity contribution in [1.82, 2.24) is 5.32 Å². The summed E-state index contributed by atoms with van der Waals surface area (Å²) in [4.78, 5) is 0. The van der Waals surface area contributed by atoms with Gasteiger partial charge in [0, 0.05) is 11.0 Å². The molecule has 0 saturated carbocycles. The molecule has 0 radical (unpaired) electrons. The highest BCUT2D eigenvalue weighted by Gasteiger charge is 2.20. The molecule has 0 unspecified atom stereocenters. The van der Waals surface area contributed by atoms with Gasteiger partial charge in [-0.3, -0.25) is 0 Å². The van der Waals surface area contributed by atoms with Crippen LogP contribution >= 0.6 is 15.9 Å².